The fourth-order valence-electron chi connectivity index (χ4n) is 7.43. The van der Waals surface area contributed by atoms with Crippen molar-refractivity contribution in [2.45, 2.75) is 63.3 Å². The third-order valence-corrected chi connectivity index (χ3v) is 8.84. The lowest BCUT2D eigenvalue weighted by Gasteiger charge is -2.47. The average molecular weight is 457 g/mol. The van der Waals surface area contributed by atoms with Crippen LogP contribution in [0.15, 0.2) is 47.1 Å². The van der Waals surface area contributed by atoms with Gasteiger partial charge in [-0.1, -0.05) is 34.8 Å². The zero-order chi connectivity index (χ0) is 23.9. The molecule has 0 aliphatic heterocycles. The average Bonchev–Trinajstić information content (AvgIpc) is 3.20. The maximum absolute atomic E-state index is 12.2. The topological polar surface area (TPSA) is 49.4 Å². The first kappa shape index (κ1) is 23.1. The van der Waals surface area contributed by atoms with Gasteiger partial charge in [-0.15, -0.1) is 5.92 Å². The van der Waals surface area contributed by atoms with E-state index in [0.29, 0.717) is 42.4 Å². The summed E-state index contributed by atoms with van der Waals surface area (Å²) < 4.78 is 0. The number of fused-ring (bicyclic) bond motifs is 4. The van der Waals surface area contributed by atoms with E-state index in [1.807, 2.05) is 13.0 Å². The molecule has 4 heteroatoms. The largest absolute Gasteiger partial charge is 0.378 e. The quantitative estimate of drug-likeness (QED) is 0.392. The fraction of sp³-hybridized carbons (Fsp3) is 0.533. The van der Waals surface area contributed by atoms with Gasteiger partial charge in [-0.3, -0.25) is 10.1 Å². The van der Waals surface area contributed by atoms with E-state index >= 15 is 0 Å². The molecule has 0 radical (unpaired) electrons. The molecule has 4 aliphatic rings. The third-order valence-electron chi connectivity index (χ3n) is 8.84. The van der Waals surface area contributed by atoms with Crippen molar-refractivity contribution in [2.75, 3.05) is 25.5 Å². The van der Waals surface area contributed by atoms with E-state index in [0.717, 1.165) is 44.8 Å². The highest BCUT2D eigenvalue weighted by Gasteiger charge is 2.54. The normalized spacial score (nSPS) is 32.1. The van der Waals surface area contributed by atoms with E-state index in [4.69, 9.17) is 0 Å². The summed E-state index contributed by atoms with van der Waals surface area (Å²) in [6.45, 7) is 2.27. The van der Waals surface area contributed by atoms with Gasteiger partial charge in [-0.2, -0.15) is 0 Å². The molecule has 1 saturated carbocycles. The number of anilines is 1. The van der Waals surface area contributed by atoms with E-state index in [-0.39, 0.29) is 5.54 Å². The number of aldehydes is 1. The Bertz CT molecular complexity index is 1100. The van der Waals surface area contributed by atoms with E-state index < -0.39 is 0 Å². The highest BCUT2D eigenvalue weighted by molar-refractivity contribution is 5.91. The highest BCUT2D eigenvalue weighted by Crippen LogP contribution is 2.60. The van der Waals surface area contributed by atoms with Gasteiger partial charge in [-0.25, -0.2) is 0 Å². The predicted molar refractivity (Wildman–Crippen MR) is 137 cm³/mol. The van der Waals surface area contributed by atoms with Crippen LogP contribution in [0.4, 0.5) is 5.69 Å². The molecule has 5 atom stereocenters. The molecule has 3 unspecified atom stereocenters. The molecule has 5 rings (SSSR count). The van der Waals surface area contributed by atoms with Gasteiger partial charge in [0.2, 0.25) is 0 Å². The van der Waals surface area contributed by atoms with Crippen molar-refractivity contribution in [3.63, 3.8) is 0 Å². The summed E-state index contributed by atoms with van der Waals surface area (Å²) >= 11 is 0. The van der Waals surface area contributed by atoms with Gasteiger partial charge in [-0.05, 0) is 81.1 Å². The minimum atomic E-state index is -0.292. The Morgan fingerprint density at radius 2 is 1.91 bits per heavy atom. The first-order valence-corrected chi connectivity index (χ1v) is 12.8. The van der Waals surface area contributed by atoms with Gasteiger partial charge in [0, 0.05) is 38.0 Å². The van der Waals surface area contributed by atoms with Crippen molar-refractivity contribution >= 4 is 17.8 Å². The zero-order valence-electron chi connectivity index (χ0n) is 20.7. The van der Waals surface area contributed by atoms with Crippen LogP contribution in [0.1, 0.15) is 63.4 Å². The molecule has 1 aromatic rings. The number of allylic oxidation sites excluding steroid dienone is 4. The maximum atomic E-state index is 12.2. The smallest absolute Gasteiger partial charge is 0.155 e. The fourth-order valence-corrected chi connectivity index (χ4v) is 7.43. The number of nitrogens with zero attached hydrogens (tertiary/aromatic N) is 1. The van der Waals surface area contributed by atoms with Crippen molar-refractivity contribution in [2.24, 2.45) is 17.8 Å². The monoisotopic (exact) mass is 456 g/mol. The molecule has 4 aliphatic carbocycles. The maximum Gasteiger partial charge on any atom is 0.155 e. The number of benzene rings is 1. The zero-order valence-corrected chi connectivity index (χ0v) is 20.7. The summed E-state index contributed by atoms with van der Waals surface area (Å²) in [5.41, 5.74) is 6.90. The summed E-state index contributed by atoms with van der Waals surface area (Å²) in [6, 6.07) is 9.06. The van der Waals surface area contributed by atoms with Crippen LogP contribution in [0, 0.1) is 29.6 Å². The lowest BCUT2D eigenvalue weighted by atomic mass is 9.58. The lowest BCUT2D eigenvalue weighted by molar-refractivity contribution is -0.115. The van der Waals surface area contributed by atoms with Crippen molar-refractivity contribution < 1.29 is 9.59 Å². The molecule has 1 aromatic carbocycles. The molecule has 0 spiro atoms. The number of ketones is 1. The minimum absolute atomic E-state index is 0.292. The summed E-state index contributed by atoms with van der Waals surface area (Å²) in [6.07, 6.45) is 9.78. The number of carbonyl (C=O) groups excluding carboxylic acids is 2. The standard InChI is InChI=1S/C30H36N2O2/c1-4-14-30(31-16-17-33)15-13-25-26-11-7-21-18-23(34)10-12-24(21)29(26)27(19-28(25)30)20-5-8-22(9-6-20)32(2)3/h5-6,8-9,17-18,24-25,27-28,31H,7,10-13,15-16,19H2,1-3H3/t24?,25?,27-,28?,30+/m1/s1. The van der Waals surface area contributed by atoms with Gasteiger partial charge in [0.05, 0.1) is 12.1 Å². The molecular weight excluding hydrogens is 420 g/mol. The number of hydrogen-bond donors (Lipinski definition) is 1. The predicted octanol–water partition coefficient (Wildman–Crippen LogP) is 4.81. The Labute approximate surface area is 203 Å². The summed E-state index contributed by atoms with van der Waals surface area (Å²) in [5.74, 6) is 8.70. The van der Waals surface area contributed by atoms with Crippen LogP contribution in [0.2, 0.25) is 0 Å². The van der Waals surface area contributed by atoms with Gasteiger partial charge >= 0.3 is 0 Å². The van der Waals surface area contributed by atoms with Gasteiger partial charge < -0.3 is 9.69 Å². The Balaban J connectivity index is 1.62. The SMILES string of the molecule is CC#C[C@]1(NCC=O)CCC2C3=C(C4CCC(=O)C=C4CC3)[C@@H](c3ccc(N(C)C)cc3)CC21. The molecule has 0 saturated heterocycles. The Kier molecular flexibility index (Phi) is 6.25. The molecule has 0 amide bonds. The third kappa shape index (κ3) is 3.85. The molecular formula is C30H36N2O2. The van der Waals surface area contributed by atoms with Crippen LogP contribution in [0.25, 0.3) is 0 Å². The second-order valence-corrected chi connectivity index (χ2v) is 10.7. The highest BCUT2D eigenvalue weighted by atomic mass is 16.1. The van der Waals surface area contributed by atoms with Crippen molar-refractivity contribution in [1.82, 2.24) is 5.32 Å². The molecule has 0 aromatic heterocycles. The van der Waals surface area contributed by atoms with E-state index in [9.17, 15) is 9.59 Å². The molecule has 0 bridgehead atoms. The Morgan fingerprint density at radius 1 is 1.12 bits per heavy atom. The van der Waals surface area contributed by atoms with Crippen molar-refractivity contribution in [1.29, 1.82) is 0 Å². The van der Waals surface area contributed by atoms with Gasteiger partial charge in [0.25, 0.3) is 0 Å². The van der Waals surface area contributed by atoms with Crippen molar-refractivity contribution in [3.05, 3.63) is 52.6 Å². The molecule has 1 N–H and O–H groups in total. The first-order chi connectivity index (χ1) is 16.5. The van der Waals surface area contributed by atoms with Crippen molar-refractivity contribution in [3.8, 4) is 11.8 Å². The molecule has 4 nitrogen and oxygen atoms in total. The molecule has 0 heterocycles. The summed E-state index contributed by atoms with van der Waals surface area (Å²) in [5, 5.41) is 3.57. The van der Waals surface area contributed by atoms with E-state index in [2.05, 4.69) is 60.4 Å². The van der Waals surface area contributed by atoms with Gasteiger partial charge in [0.1, 0.15) is 6.29 Å². The molecule has 34 heavy (non-hydrogen) atoms. The lowest BCUT2D eigenvalue weighted by Crippen LogP contribution is -2.51. The van der Waals surface area contributed by atoms with Crippen LogP contribution < -0.4 is 10.2 Å². The summed E-state index contributed by atoms with van der Waals surface area (Å²) in [7, 11) is 4.15. The summed E-state index contributed by atoms with van der Waals surface area (Å²) in [4.78, 5) is 25.7. The Hall–Kier alpha value is -2.64. The number of rotatable bonds is 5. The van der Waals surface area contributed by atoms with E-state index in [1.165, 1.54) is 16.8 Å². The first-order valence-electron chi connectivity index (χ1n) is 12.8. The van der Waals surface area contributed by atoms with Crippen LogP contribution >= 0.6 is 0 Å². The number of carbonyl (C=O) groups is 2. The van der Waals surface area contributed by atoms with Crippen LogP contribution in [0.5, 0.6) is 0 Å². The van der Waals surface area contributed by atoms with Crippen LogP contribution in [-0.4, -0.2) is 38.2 Å². The number of nitrogens with one attached hydrogen (secondary N) is 1. The molecule has 178 valence electrons. The molecule has 1 fully saturated rings. The second kappa shape index (κ2) is 9.19. The number of hydrogen-bond acceptors (Lipinski definition) is 4. The van der Waals surface area contributed by atoms with Gasteiger partial charge in [0.15, 0.2) is 5.78 Å². The van der Waals surface area contributed by atoms with Crippen LogP contribution in [-0.2, 0) is 9.59 Å². The van der Waals surface area contributed by atoms with E-state index in [1.54, 1.807) is 11.1 Å². The second-order valence-electron chi connectivity index (χ2n) is 10.7. The minimum Gasteiger partial charge on any atom is -0.378 e. The Morgan fingerprint density at radius 3 is 2.62 bits per heavy atom. The van der Waals surface area contributed by atoms with Crippen LogP contribution in [0.3, 0.4) is 0 Å².